The Hall–Kier alpha value is -3.45. The van der Waals surface area contributed by atoms with E-state index < -0.39 is 5.97 Å². The molecule has 1 saturated heterocycles. The van der Waals surface area contributed by atoms with E-state index in [9.17, 15) is 9.59 Å². The third kappa shape index (κ3) is 4.83. The number of carbonyl (C=O) groups excluding carboxylic acids is 2. The van der Waals surface area contributed by atoms with Crippen molar-refractivity contribution in [1.82, 2.24) is 14.7 Å². The number of esters is 1. The van der Waals surface area contributed by atoms with Crippen LogP contribution in [0.1, 0.15) is 24.3 Å². The van der Waals surface area contributed by atoms with Crippen LogP contribution in [0.3, 0.4) is 0 Å². The minimum absolute atomic E-state index is 0.0451. The van der Waals surface area contributed by atoms with Gasteiger partial charge in [-0.1, -0.05) is 48.5 Å². The van der Waals surface area contributed by atoms with Crippen molar-refractivity contribution < 1.29 is 19.1 Å². The summed E-state index contributed by atoms with van der Waals surface area (Å²) >= 11 is 0. The van der Waals surface area contributed by atoms with Gasteiger partial charge in [0.05, 0.1) is 23.6 Å². The summed E-state index contributed by atoms with van der Waals surface area (Å²) in [7, 11) is 0. The Balaban J connectivity index is 1.54. The van der Waals surface area contributed by atoms with Crippen LogP contribution in [-0.4, -0.2) is 58.5 Å². The maximum atomic E-state index is 12.9. The van der Waals surface area contributed by atoms with Gasteiger partial charge in [0.25, 0.3) is 5.91 Å². The van der Waals surface area contributed by atoms with E-state index in [1.807, 2.05) is 74.5 Å². The second kappa shape index (κ2) is 9.14. The van der Waals surface area contributed by atoms with Crippen molar-refractivity contribution in [2.45, 2.75) is 26.1 Å². The molecule has 3 aromatic rings. The summed E-state index contributed by atoms with van der Waals surface area (Å²) in [6.07, 6.45) is -0.0901. The second-order valence-corrected chi connectivity index (χ2v) is 7.66. The van der Waals surface area contributed by atoms with Crippen molar-refractivity contribution in [3.8, 4) is 16.9 Å². The second-order valence-electron chi connectivity index (χ2n) is 7.66. The molecule has 2 heterocycles. The number of hydrogen-bond donors (Lipinski definition) is 0. The molecule has 1 amide bonds. The van der Waals surface area contributed by atoms with E-state index in [1.54, 1.807) is 15.6 Å². The summed E-state index contributed by atoms with van der Waals surface area (Å²) < 4.78 is 12.6. The molecule has 0 spiro atoms. The average Bonchev–Trinajstić information content (AvgIpc) is 3.23. The molecule has 7 nitrogen and oxygen atoms in total. The highest BCUT2D eigenvalue weighted by atomic mass is 16.5. The number of nitrogens with zero attached hydrogens (tertiary/aromatic N) is 3. The Morgan fingerprint density at radius 2 is 1.61 bits per heavy atom. The molecule has 1 aromatic heterocycles. The topological polar surface area (TPSA) is 73.7 Å². The number of aromatic nitrogens is 2. The number of morpholine rings is 1. The van der Waals surface area contributed by atoms with Crippen molar-refractivity contribution in [3.63, 3.8) is 0 Å². The van der Waals surface area contributed by atoms with E-state index in [0.717, 1.165) is 11.3 Å². The summed E-state index contributed by atoms with van der Waals surface area (Å²) in [4.78, 5) is 27.2. The average molecular weight is 419 g/mol. The van der Waals surface area contributed by atoms with E-state index in [2.05, 4.69) is 5.10 Å². The first-order chi connectivity index (χ1) is 15.0. The first-order valence-electron chi connectivity index (χ1n) is 10.3. The predicted octanol–water partition coefficient (Wildman–Crippen LogP) is 3.33. The number of rotatable bonds is 5. The van der Waals surface area contributed by atoms with Gasteiger partial charge >= 0.3 is 5.97 Å². The highest BCUT2D eigenvalue weighted by molar-refractivity contribution is 5.91. The molecule has 2 unspecified atom stereocenters. The molecule has 7 heteroatoms. The van der Waals surface area contributed by atoms with Gasteiger partial charge in [0, 0.05) is 18.7 Å². The van der Waals surface area contributed by atoms with Gasteiger partial charge in [0.15, 0.2) is 12.3 Å². The molecule has 1 aliphatic heterocycles. The fourth-order valence-corrected chi connectivity index (χ4v) is 3.72. The minimum Gasteiger partial charge on any atom is -0.451 e. The summed E-state index contributed by atoms with van der Waals surface area (Å²) in [6.45, 7) is 4.50. The maximum absolute atomic E-state index is 12.9. The molecular formula is C24H25N3O4. The Morgan fingerprint density at radius 3 is 2.26 bits per heavy atom. The SMILES string of the molecule is CC1CN(C(=O)COC(=O)c2cc(-c3ccccc3)nn2-c2ccccc2)CC(C)O1. The van der Waals surface area contributed by atoms with Crippen LogP contribution in [0.4, 0.5) is 0 Å². The zero-order chi connectivity index (χ0) is 21.8. The van der Waals surface area contributed by atoms with Crippen molar-refractivity contribution >= 4 is 11.9 Å². The fourth-order valence-electron chi connectivity index (χ4n) is 3.72. The third-order valence-corrected chi connectivity index (χ3v) is 5.09. The summed E-state index contributed by atoms with van der Waals surface area (Å²) in [5.41, 5.74) is 2.54. The number of ether oxygens (including phenoxy) is 2. The van der Waals surface area contributed by atoms with Gasteiger partial charge in [0.1, 0.15) is 0 Å². The molecular weight excluding hydrogens is 394 g/mol. The maximum Gasteiger partial charge on any atom is 0.357 e. The van der Waals surface area contributed by atoms with E-state index in [4.69, 9.17) is 9.47 Å². The van der Waals surface area contributed by atoms with Gasteiger partial charge < -0.3 is 14.4 Å². The number of carbonyl (C=O) groups is 2. The van der Waals surface area contributed by atoms with Crippen LogP contribution in [0.25, 0.3) is 16.9 Å². The van der Waals surface area contributed by atoms with Crippen LogP contribution in [0.2, 0.25) is 0 Å². The van der Waals surface area contributed by atoms with Gasteiger partial charge in [-0.2, -0.15) is 5.10 Å². The molecule has 31 heavy (non-hydrogen) atoms. The first-order valence-corrected chi connectivity index (χ1v) is 10.3. The molecule has 0 radical (unpaired) electrons. The third-order valence-electron chi connectivity index (χ3n) is 5.09. The number of amides is 1. The monoisotopic (exact) mass is 419 g/mol. The Morgan fingerprint density at radius 1 is 1.00 bits per heavy atom. The van der Waals surface area contributed by atoms with Gasteiger partial charge in [-0.15, -0.1) is 0 Å². The van der Waals surface area contributed by atoms with E-state index in [1.165, 1.54) is 0 Å². The highest BCUT2D eigenvalue weighted by Gasteiger charge is 2.27. The Kier molecular flexibility index (Phi) is 6.13. The molecule has 4 rings (SSSR count). The number of para-hydroxylation sites is 1. The van der Waals surface area contributed by atoms with Crippen molar-refractivity contribution in [1.29, 1.82) is 0 Å². The number of benzene rings is 2. The molecule has 160 valence electrons. The molecule has 1 aliphatic rings. The van der Waals surface area contributed by atoms with Gasteiger partial charge in [0.2, 0.25) is 0 Å². The van der Waals surface area contributed by atoms with E-state index in [0.29, 0.717) is 18.8 Å². The zero-order valence-electron chi connectivity index (χ0n) is 17.6. The van der Waals surface area contributed by atoms with Crippen LogP contribution < -0.4 is 0 Å². The molecule has 1 fully saturated rings. The van der Waals surface area contributed by atoms with Crippen molar-refractivity contribution in [3.05, 3.63) is 72.4 Å². The van der Waals surface area contributed by atoms with Gasteiger partial charge in [-0.3, -0.25) is 4.79 Å². The highest BCUT2D eigenvalue weighted by Crippen LogP contribution is 2.22. The van der Waals surface area contributed by atoms with Gasteiger partial charge in [-0.05, 0) is 32.0 Å². The Bertz CT molecular complexity index is 1040. The minimum atomic E-state index is -0.596. The van der Waals surface area contributed by atoms with Crippen LogP contribution in [0, 0.1) is 0 Å². The number of hydrogen-bond acceptors (Lipinski definition) is 5. The smallest absolute Gasteiger partial charge is 0.357 e. The molecule has 2 aromatic carbocycles. The van der Waals surface area contributed by atoms with Crippen LogP contribution in [0.5, 0.6) is 0 Å². The molecule has 0 saturated carbocycles. The summed E-state index contributed by atoms with van der Waals surface area (Å²) in [5, 5.41) is 4.61. The lowest BCUT2D eigenvalue weighted by Gasteiger charge is -2.35. The van der Waals surface area contributed by atoms with E-state index in [-0.39, 0.29) is 30.4 Å². The largest absolute Gasteiger partial charge is 0.451 e. The fraction of sp³-hybridized carbons (Fsp3) is 0.292. The van der Waals surface area contributed by atoms with Crippen LogP contribution in [0.15, 0.2) is 66.7 Å². The molecule has 0 bridgehead atoms. The predicted molar refractivity (Wildman–Crippen MR) is 116 cm³/mol. The molecule has 2 atom stereocenters. The summed E-state index contributed by atoms with van der Waals surface area (Å²) in [5.74, 6) is -0.828. The van der Waals surface area contributed by atoms with Crippen LogP contribution >= 0.6 is 0 Å². The lowest BCUT2D eigenvalue weighted by molar-refractivity contribution is -0.146. The van der Waals surface area contributed by atoms with Crippen LogP contribution in [-0.2, 0) is 14.3 Å². The molecule has 0 aliphatic carbocycles. The molecule has 0 N–H and O–H groups in total. The standard InChI is InChI=1S/C24H25N3O4/c1-17-14-26(15-18(2)31-17)23(28)16-30-24(29)22-13-21(19-9-5-3-6-10-19)25-27(22)20-11-7-4-8-12-20/h3-13,17-18H,14-16H2,1-2H3. The zero-order valence-corrected chi connectivity index (χ0v) is 17.6. The van der Waals surface area contributed by atoms with E-state index >= 15 is 0 Å². The van der Waals surface area contributed by atoms with Crippen molar-refractivity contribution in [2.75, 3.05) is 19.7 Å². The Labute approximate surface area is 181 Å². The quantitative estimate of drug-likeness (QED) is 0.593. The lowest BCUT2D eigenvalue weighted by atomic mass is 10.1. The lowest BCUT2D eigenvalue weighted by Crippen LogP contribution is -2.49. The van der Waals surface area contributed by atoms with Crippen molar-refractivity contribution in [2.24, 2.45) is 0 Å². The first kappa shape index (κ1) is 20.8. The van der Waals surface area contributed by atoms with Gasteiger partial charge in [-0.25, -0.2) is 9.48 Å². The normalized spacial score (nSPS) is 18.6. The summed E-state index contributed by atoms with van der Waals surface area (Å²) in [6, 6.07) is 20.7.